The van der Waals surface area contributed by atoms with Crippen molar-refractivity contribution in [3.05, 3.63) is 24.0 Å². The minimum Gasteiger partial charge on any atom is -0.490 e. The Kier molecular flexibility index (Phi) is 6.18. The van der Waals surface area contributed by atoms with E-state index in [1.54, 1.807) is 12.1 Å². The average molecular weight is 223 g/mol. The molecule has 1 rings (SSSR count). The van der Waals surface area contributed by atoms with Gasteiger partial charge in [0.05, 0.1) is 12.8 Å². The van der Waals surface area contributed by atoms with E-state index in [9.17, 15) is 4.79 Å². The number of hydrogen-bond acceptors (Lipinski definition) is 4. The van der Waals surface area contributed by atoms with Gasteiger partial charge < -0.3 is 9.47 Å². The first-order valence-corrected chi connectivity index (χ1v) is 5.48. The normalized spacial score (nSPS) is 10.1. The first kappa shape index (κ1) is 12.6. The lowest BCUT2D eigenvalue weighted by atomic mass is 10.4. The quantitative estimate of drug-likeness (QED) is 0.500. The highest BCUT2D eigenvalue weighted by atomic mass is 16.5. The Morgan fingerprint density at radius 3 is 2.81 bits per heavy atom. The number of nitrogens with zero attached hydrogens (tertiary/aromatic N) is 1. The molecule has 0 aliphatic heterocycles. The molecule has 0 fully saturated rings. The summed E-state index contributed by atoms with van der Waals surface area (Å²) in [5.74, 6) is 0.657. The fourth-order valence-corrected chi connectivity index (χ4v) is 1.11. The van der Waals surface area contributed by atoms with Gasteiger partial charge in [0.25, 0.3) is 0 Å². The lowest BCUT2D eigenvalue weighted by Crippen LogP contribution is -2.07. The first-order chi connectivity index (χ1) is 7.86. The molecule has 0 amide bonds. The summed E-state index contributed by atoms with van der Waals surface area (Å²) in [5, 5.41) is 0. The zero-order chi connectivity index (χ0) is 11.6. The molecular weight excluding hydrogens is 206 g/mol. The SMILES string of the molecule is CCCCOCCOc1ccc(C=O)nc1. The predicted molar refractivity (Wildman–Crippen MR) is 60.8 cm³/mol. The van der Waals surface area contributed by atoms with E-state index in [0.717, 1.165) is 19.4 Å². The Hall–Kier alpha value is -1.42. The van der Waals surface area contributed by atoms with Crippen molar-refractivity contribution >= 4 is 6.29 Å². The Morgan fingerprint density at radius 2 is 2.19 bits per heavy atom. The lowest BCUT2D eigenvalue weighted by Gasteiger charge is -2.06. The lowest BCUT2D eigenvalue weighted by molar-refractivity contribution is 0.0979. The van der Waals surface area contributed by atoms with E-state index in [1.165, 1.54) is 6.20 Å². The molecule has 0 spiro atoms. The number of carbonyl (C=O) groups excluding carboxylic acids is 1. The third-order valence-corrected chi connectivity index (χ3v) is 2.02. The van der Waals surface area contributed by atoms with Crippen molar-refractivity contribution < 1.29 is 14.3 Å². The zero-order valence-electron chi connectivity index (χ0n) is 9.52. The molecule has 1 aromatic rings. The summed E-state index contributed by atoms with van der Waals surface area (Å²) in [5.41, 5.74) is 0.409. The Labute approximate surface area is 95.6 Å². The summed E-state index contributed by atoms with van der Waals surface area (Å²) >= 11 is 0. The van der Waals surface area contributed by atoms with Gasteiger partial charge in [-0.15, -0.1) is 0 Å². The van der Waals surface area contributed by atoms with Gasteiger partial charge in [-0.1, -0.05) is 13.3 Å². The van der Waals surface area contributed by atoms with Gasteiger partial charge in [-0.2, -0.15) is 0 Å². The van der Waals surface area contributed by atoms with E-state index < -0.39 is 0 Å². The van der Waals surface area contributed by atoms with E-state index in [2.05, 4.69) is 11.9 Å². The van der Waals surface area contributed by atoms with Crippen LogP contribution in [0.15, 0.2) is 18.3 Å². The maximum Gasteiger partial charge on any atom is 0.168 e. The van der Waals surface area contributed by atoms with Crippen molar-refractivity contribution in [3.8, 4) is 5.75 Å². The molecule has 0 saturated carbocycles. The summed E-state index contributed by atoms with van der Waals surface area (Å²) in [6, 6.07) is 3.35. The molecule has 1 heterocycles. The predicted octanol–water partition coefficient (Wildman–Crippen LogP) is 2.09. The molecule has 0 atom stereocenters. The maximum absolute atomic E-state index is 10.4. The summed E-state index contributed by atoms with van der Waals surface area (Å²) < 4.78 is 10.7. The Bertz CT molecular complexity index is 298. The van der Waals surface area contributed by atoms with Gasteiger partial charge in [-0.05, 0) is 18.6 Å². The molecule has 1 aromatic heterocycles. The molecule has 0 bridgehead atoms. The molecule has 0 unspecified atom stereocenters. The van der Waals surface area contributed by atoms with Gasteiger partial charge >= 0.3 is 0 Å². The van der Waals surface area contributed by atoms with Crippen molar-refractivity contribution in [2.45, 2.75) is 19.8 Å². The third-order valence-electron chi connectivity index (χ3n) is 2.02. The summed E-state index contributed by atoms with van der Waals surface area (Å²) in [4.78, 5) is 14.2. The van der Waals surface area contributed by atoms with Crippen LogP contribution in [0.25, 0.3) is 0 Å². The second-order valence-corrected chi connectivity index (χ2v) is 3.35. The van der Waals surface area contributed by atoms with Crippen molar-refractivity contribution in [3.63, 3.8) is 0 Å². The van der Waals surface area contributed by atoms with E-state index in [4.69, 9.17) is 9.47 Å². The van der Waals surface area contributed by atoms with Crippen molar-refractivity contribution in [2.24, 2.45) is 0 Å². The average Bonchev–Trinajstić information content (AvgIpc) is 2.34. The van der Waals surface area contributed by atoms with Crippen molar-refractivity contribution in [2.75, 3.05) is 19.8 Å². The minimum atomic E-state index is 0.409. The fraction of sp³-hybridized carbons (Fsp3) is 0.500. The topological polar surface area (TPSA) is 48.4 Å². The molecule has 4 heteroatoms. The highest BCUT2D eigenvalue weighted by Gasteiger charge is 1.95. The maximum atomic E-state index is 10.4. The molecule has 0 saturated heterocycles. The van der Waals surface area contributed by atoms with Gasteiger partial charge in [0, 0.05) is 6.61 Å². The number of ether oxygens (including phenoxy) is 2. The third kappa shape index (κ3) is 4.89. The van der Waals surface area contributed by atoms with E-state index >= 15 is 0 Å². The van der Waals surface area contributed by atoms with Gasteiger partial charge in [-0.3, -0.25) is 4.79 Å². The van der Waals surface area contributed by atoms with Crippen molar-refractivity contribution in [1.82, 2.24) is 4.98 Å². The van der Waals surface area contributed by atoms with Gasteiger partial charge in [-0.25, -0.2) is 4.98 Å². The standard InChI is InChI=1S/C12H17NO3/c1-2-3-6-15-7-8-16-12-5-4-11(10-14)13-9-12/h4-5,9-10H,2-3,6-8H2,1H3. The number of carbonyl (C=O) groups is 1. The molecule has 0 aromatic carbocycles. The molecule has 0 aliphatic rings. The number of pyridine rings is 1. The molecular formula is C12H17NO3. The molecule has 0 radical (unpaired) electrons. The second kappa shape index (κ2) is 7.82. The zero-order valence-corrected chi connectivity index (χ0v) is 9.52. The number of rotatable bonds is 8. The monoisotopic (exact) mass is 223 g/mol. The Morgan fingerprint density at radius 1 is 1.31 bits per heavy atom. The summed E-state index contributed by atoms with van der Waals surface area (Å²) in [6.07, 6.45) is 4.46. The van der Waals surface area contributed by atoms with E-state index in [1.807, 2.05) is 0 Å². The molecule has 0 N–H and O–H groups in total. The van der Waals surface area contributed by atoms with Crippen LogP contribution in [0.3, 0.4) is 0 Å². The highest BCUT2D eigenvalue weighted by Crippen LogP contribution is 2.07. The number of hydrogen-bond donors (Lipinski definition) is 0. The van der Waals surface area contributed by atoms with Gasteiger partial charge in [0.15, 0.2) is 6.29 Å². The minimum absolute atomic E-state index is 0.409. The fourth-order valence-electron chi connectivity index (χ4n) is 1.11. The van der Waals surface area contributed by atoms with Gasteiger partial charge in [0.1, 0.15) is 18.1 Å². The van der Waals surface area contributed by atoms with E-state index in [0.29, 0.717) is 30.9 Å². The number of aromatic nitrogens is 1. The number of unbranched alkanes of at least 4 members (excludes halogenated alkanes) is 1. The van der Waals surface area contributed by atoms with E-state index in [-0.39, 0.29) is 0 Å². The van der Waals surface area contributed by atoms with Crippen molar-refractivity contribution in [1.29, 1.82) is 0 Å². The van der Waals surface area contributed by atoms with Gasteiger partial charge in [0.2, 0.25) is 0 Å². The van der Waals surface area contributed by atoms with Crippen LogP contribution in [-0.4, -0.2) is 31.1 Å². The molecule has 0 aliphatic carbocycles. The number of aldehydes is 1. The first-order valence-electron chi connectivity index (χ1n) is 5.48. The molecule has 4 nitrogen and oxygen atoms in total. The summed E-state index contributed by atoms with van der Waals surface area (Å²) in [7, 11) is 0. The van der Waals surface area contributed by atoms with Crippen LogP contribution in [-0.2, 0) is 4.74 Å². The highest BCUT2D eigenvalue weighted by molar-refractivity contribution is 5.71. The molecule has 16 heavy (non-hydrogen) atoms. The van der Waals surface area contributed by atoms with Crippen LogP contribution in [0.5, 0.6) is 5.75 Å². The van der Waals surface area contributed by atoms with Crippen LogP contribution in [0.1, 0.15) is 30.3 Å². The molecule has 88 valence electrons. The Balaban J connectivity index is 2.14. The van der Waals surface area contributed by atoms with Crippen LogP contribution in [0.2, 0.25) is 0 Å². The van der Waals surface area contributed by atoms with Crippen LogP contribution < -0.4 is 4.74 Å². The summed E-state index contributed by atoms with van der Waals surface area (Å²) in [6.45, 7) is 3.99. The second-order valence-electron chi connectivity index (χ2n) is 3.35. The van der Waals surface area contributed by atoms with Crippen LogP contribution in [0.4, 0.5) is 0 Å². The largest absolute Gasteiger partial charge is 0.490 e. The smallest absolute Gasteiger partial charge is 0.168 e. The van der Waals surface area contributed by atoms with Crippen LogP contribution >= 0.6 is 0 Å². The van der Waals surface area contributed by atoms with Crippen LogP contribution in [0, 0.1) is 0 Å².